The summed E-state index contributed by atoms with van der Waals surface area (Å²) in [6.07, 6.45) is 0. The zero-order valence-corrected chi connectivity index (χ0v) is 19.3. The number of rotatable bonds is 8. The maximum Gasteiger partial charge on any atom is 0.244 e. The average molecular weight is 461 g/mol. The first kappa shape index (κ1) is 22.9. The molecule has 2 N–H and O–H groups in total. The number of hydrogen-bond donors (Lipinski definition) is 2. The van der Waals surface area contributed by atoms with Crippen molar-refractivity contribution in [2.24, 2.45) is 5.92 Å². The summed E-state index contributed by atoms with van der Waals surface area (Å²) in [6, 6.07) is 12.8. The second-order valence-electron chi connectivity index (χ2n) is 7.29. The van der Waals surface area contributed by atoms with Gasteiger partial charge in [-0.25, -0.2) is 8.42 Å². The lowest BCUT2D eigenvalue weighted by Crippen LogP contribution is -2.47. The van der Waals surface area contributed by atoms with Gasteiger partial charge in [-0.15, -0.1) is 10.2 Å². The Labute approximate surface area is 185 Å². The highest BCUT2D eigenvalue weighted by Gasteiger charge is 2.29. The van der Waals surface area contributed by atoms with Crippen LogP contribution in [0.2, 0.25) is 0 Å². The average Bonchev–Trinajstić information content (AvgIpc) is 3.20. The van der Waals surface area contributed by atoms with E-state index in [1.54, 1.807) is 26.0 Å². The monoisotopic (exact) mass is 460 g/mol. The van der Waals surface area contributed by atoms with Crippen LogP contribution in [-0.4, -0.2) is 37.7 Å². The minimum absolute atomic E-state index is 0.0457. The summed E-state index contributed by atoms with van der Waals surface area (Å²) in [5, 5.41) is 11.8. The minimum Gasteiger partial charge on any atom is -0.497 e. The molecule has 0 saturated carbocycles. The third-order valence-electron chi connectivity index (χ3n) is 4.52. The van der Waals surface area contributed by atoms with Gasteiger partial charge in [0.1, 0.15) is 16.8 Å². The lowest BCUT2D eigenvalue weighted by Gasteiger charge is -2.21. The van der Waals surface area contributed by atoms with Crippen LogP contribution in [0.1, 0.15) is 19.4 Å². The third-order valence-corrected chi connectivity index (χ3v) is 6.87. The lowest BCUT2D eigenvalue weighted by atomic mass is 10.1. The standard InChI is InChI=1S/C21H24N4O4S2/c1-13(2)18(25-31(27,28)17-10-8-16(29-4)9-11-17)19(26)22-21-24-23-20(30-21)15-7-5-6-14(3)12-15/h5-13,18,25H,1-4H3,(H,22,24,26). The first-order valence-electron chi connectivity index (χ1n) is 9.57. The highest BCUT2D eigenvalue weighted by atomic mass is 32.2. The van der Waals surface area contributed by atoms with E-state index in [1.165, 1.54) is 30.6 Å². The van der Waals surface area contributed by atoms with Crippen LogP contribution in [-0.2, 0) is 14.8 Å². The van der Waals surface area contributed by atoms with Crippen molar-refractivity contribution in [1.82, 2.24) is 14.9 Å². The van der Waals surface area contributed by atoms with Crippen molar-refractivity contribution in [3.63, 3.8) is 0 Å². The van der Waals surface area contributed by atoms with Gasteiger partial charge < -0.3 is 4.74 Å². The molecule has 1 amide bonds. The molecule has 8 nitrogen and oxygen atoms in total. The van der Waals surface area contributed by atoms with Gasteiger partial charge in [0.25, 0.3) is 0 Å². The third kappa shape index (κ3) is 5.66. The number of benzene rings is 2. The van der Waals surface area contributed by atoms with Gasteiger partial charge in [0, 0.05) is 5.56 Å². The van der Waals surface area contributed by atoms with Crippen LogP contribution in [0.5, 0.6) is 5.75 Å². The zero-order valence-electron chi connectivity index (χ0n) is 17.6. The number of ether oxygens (including phenoxy) is 1. The molecule has 10 heteroatoms. The van der Waals surface area contributed by atoms with Gasteiger partial charge in [-0.3, -0.25) is 10.1 Å². The number of aryl methyl sites for hydroxylation is 1. The highest BCUT2D eigenvalue weighted by molar-refractivity contribution is 7.89. The smallest absolute Gasteiger partial charge is 0.244 e. The van der Waals surface area contributed by atoms with Crippen LogP contribution in [0.4, 0.5) is 5.13 Å². The number of anilines is 1. The maximum atomic E-state index is 12.8. The first-order valence-corrected chi connectivity index (χ1v) is 11.9. The summed E-state index contributed by atoms with van der Waals surface area (Å²) in [5.41, 5.74) is 1.99. The number of carbonyl (C=O) groups excluding carboxylic acids is 1. The molecule has 3 rings (SSSR count). The van der Waals surface area contributed by atoms with E-state index in [4.69, 9.17) is 4.74 Å². The molecule has 3 aromatic rings. The highest BCUT2D eigenvalue weighted by Crippen LogP contribution is 2.27. The summed E-state index contributed by atoms with van der Waals surface area (Å²) in [5.74, 6) is -0.256. The van der Waals surface area contributed by atoms with Gasteiger partial charge in [-0.1, -0.05) is 48.9 Å². The summed E-state index contributed by atoms with van der Waals surface area (Å²) in [7, 11) is -2.41. The molecule has 0 fully saturated rings. The van der Waals surface area contributed by atoms with E-state index in [1.807, 2.05) is 31.2 Å². The summed E-state index contributed by atoms with van der Waals surface area (Å²) in [4.78, 5) is 12.9. The van der Waals surface area contributed by atoms with Crippen molar-refractivity contribution in [3.8, 4) is 16.3 Å². The predicted molar refractivity (Wildman–Crippen MR) is 121 cm³/mol. The summed E-state index contributed by atoms with van der Waals surface area (Å²) < 4.78 is 33.1. The second-order valence-corrected chi connectivity index (χ2v) is 9.98. The van der Waals surface area contributed by atoms with E-state index in [0.29, 0.717) is 15.9 Å². The molecule has 0 radical (unpaired) electrons. The molecule has 2 aromatic carbocycles. The molecule has 0 aliphatic carbocycles. The van der Waals surface area contributed by atoms with Crippen molar-refractivity contribution in [1.29, 1.82) is 0 Å². The van der Waals surface area contributed by atoms with Gasteiger partial charge in [0.05, 0.1) is 12.0 Å². The molecule has 0 aliphatic heterocycles. The summed E-state index contributed by atoms with van der Waals surface area (Å²) in [6.45, 7) is 5.51. The molecule has 1 atom stereocenters. The number of nitrogens with zero attached hydrogens (tertiary/aromatic N) is 2. The van der Waals surface area contributed by atoms with Crippen LogP contribution in [0, 0.1) is 12.8 Å². The van der Waals surface area contributed by atoms with E-state index in [9.17, 15) is 13.2 Å². The zero-order chi connectivity index (χ0) is 22.6. The SMILES string of the molecule is COc1ccc(S(=O)(=O)NC(C(=O)Nc2nnc(-c3cccc(C)c3)s2)C(C)C)cc1. The molecule has 0 spiro atoms. The Morgan fingerprint density at radius 3 is 2.42 bits per heavy atom. The maximum absolute atomic E-state index is 12.8. The van der Waals surface area contributed by atoms with E-state index < -0.39 is 22.0 Å². The Morgan fingerprint density at radius 2 is 1.81 bits per heavy atom. The largest absolute Gasteiger partial charge is 0.497 e. The fourth-order valence-electron chi connectivity index (χ4n) is 2.83. The Bertz CT molecular complexity index is 1160. The van der Waals surface area contributed by atoms with Gasteiger partial charge in [-0.2, -0.15) is 4.72 Å². The van der Waals surface area contributed by atoms with Gasteiger partial charge in [0.2, 0.25) is 21.1 Å². The fraction of sp³-hybridized carbons (Fsp3) is 0.286. The number of nitrogens with one attached hydrogen (secondary N) is 2. The molecule has 0 bridgehead atoms. The Hall–Kier alpha value is -2.82. The number of hydrogen-bond acceptors (Lipinski definition) is 7. The van der Waals surface area contributed by atoms with Crippen molar-refractivity contribution >= 4 is 32.4 Å². The minimum atomic E-state index is -3.91. The van der Waals surface area contributed by atoms with Crippen LogP contribution in [0.15, 0.2) is 53.4 Å². The van der Waals surface area contributed by atoms with Crippen molar-refractivity contribution in [3.05, 3.63) is 54.1 Å². The van der Waals surface area contributed by atoms with E-state index >= 15 is 0 Å². The quantitative estimate of drug-likeness (QED) is 0.533. The molecule has 0 aliphatic rings. The normalized spacial score (nSPS) is 12.5. The molecule has 1 heterocycles. The van der Waals surface area contributed by atoms with E-state index in [-0.39, 0.29) is 10.8 Å². The van der Waals surface area contributed by atoms with Gasteiger partial charge in [0.15, 0.2) is 0 Å². The van der Waals surface area contributed by atoms with E-state index in [2.05, 4.69) is 20.2 Å². The number of sulfonamides is 1. The molecule has 0 saturated heterocycles. The van der Waals surface area contributed by atoms with Gasteiger partial charge >= 0.3 is 0 Å². The van der Waals surface area contributed by atoms with E-state index in [0.717, 1.165) is 11.1 Å². The summed E-state index contributed by atoms with van der Waals surface area (Å²) >= 11 is 1.23. The van der Waals surface area contributed by atoms with Crippen molar-refractivity contribution in [2.75, 3.05) is 12.4 Å². The Balaban J connectivity index is 1.75. The number of amides is 1. The van der Waals surface area contributed by atoms with Crippen LogP contribution in [0.3, 0.4) is 0 Å². The lowest BCUT2D eigenvalue weighted by molar-refractivity contribution is -0.118. The van der Waals surface area contributed by atoms with Crippen molar-refractivity contribution < 1.29 is 17.9 Å². The number of aromatic nitrogens is 2. The number of carbonyl (C=O) groups is 1. The molecule has 1 aromatic heterocycles. The van der Waals surface area contributed by atoms with Crippen LogP contribution >= 0.6 is 11.3 Å². The molecular weight excluding hydrogens is 436 g/mol. The molecule has 164 valence electrons. The van der Waals surface area contributed by atoms with Crippen LogP contribution < -0.4 is 14.8 Å². The number of methoxy groups -OCH3 is 1. The Kier molecular flexibility index (Phi) is 7.04. The molecular formula is C21H24N4O4S2. The topological polar surface area (TPSA) is 110 Å². The first-order chi connectivity index (χ1) is 14.7. The molecule has 1 unspecified atom stereocenters. The van der Waals surface area contributed by atoms with Crippen molar-refractivity contribution in [2.45, 2.75) is 31.7 Å². The fourth-order valence-corrected chi connectivity index (χ4v) is 4.92. The van der Waals surface area contributed by atoms with Gasteiger partial charge in [-0.05, 0) is 43.2 Å². The Morgan fingerprint density at radius 1 is 1.10 bits per heavy atom. The molecule has 31 heavy (non-hydrogen) atoms. The second kappa shape index (κ2) is 9.54. The predicted octanol–water partition coefficient (Wildman–Crippen LogP) is 3.46. The van der Waals surface area contributed by atoms with Crippen LogP contribution in [0.25, 0.3) is 10.6 Å².